The molecule has 1 heterocycles. The molecule has 3 nitrogen and oxygen atoms in total. The van der Waals surface area contributed by atoms with Crippen LogP contribution in [0.2, 0.25) is 0 Å². The second kappa shape index (κ2) is 3.91. The molecule has 0 spiro atoms. The van der Waals surface area contributed by atoms with Crippen LogP contribution in [0.4, 0.5) is 6.01 Å². The summed E-state index contributed by atoms with van der Waals surface area (Å²) in [5.41, 5.74) is 10.5. The Hall–Kier alpha value is -1.77. The summed E-state index contributed by atoms with van der Waals surface area (Å²) in [6, 6.07) is 6.82. The standard InChI is InChI=1S/C14H16N2O/c1-9-13(16-14(15)17-9)12-7-6-10-4-2-3-5-11(10)8-12/h6-8H,2-5H2,1H3,(H2,15,16). The summed E-state index contributed by atoms with van der Waals surface area (Å²) in [6.45, 7) is 1.90. The summed E-state index contributed by atoms with van der Waals surface area (Å²) >= 11 is 0. The maximum atomic E-state index is 5.58. The van der Waals surface area contributed by atoms with Crippen LogP contribution in [0.15, 0.2) is 22.6 Å². The minimum absolute atomic E-state index is 0.246. The Morgan fingerprint density at radius 2 is 1.94 bits per heavy atom. The molecule has 0 radical (unpaired) electrons. The van der Waals surface area contributed by atoms with Crippen LogP contribution in [-0.4, -0.2) is 4.98 Å². The van der Waals surface area contributed by atoms with Crippen molar-refractivity contribution in [3.8, 4) is 11.3 Å². The molecule has 0 fully saturated rings. The normalized spacial score (nSPS) is 14.6. The van der Waals surface area contributed by atoms with Gasteiger partial charge in [-0.2, -0.15) is 4.98 Å². The summed E-state index contributed by atoms with van der Waals surface area (Å²) in [5.74, 6) is 0.790. The molecule has 3 heteroatoms. The largest absolute Gasteiger partial charge is 0.429 e. The van der Waals surface area contributed by atoms with E-state index in [1.165, 1.54) is 36.8 Å². The van der Waals surface area contributed by atoms with Gasteiger partial charge >= 0.3 is 0 Å². The molecular formula is C14H16N2O. The lowest BCUT2D eigenvalue weighted by atomic mass is 9.90. The predicted molar refractivity (Wildman–Crippen MR) is 67.7 cm³/mol. The fourth-order valence-electron chi connectivity index (χ4n) is 2.57. The van der Waals surface area contributed by atoms with Gasteiger partial charge < -0.3 is 10.2 Å². The zero-order valence-electron chi connectivity index (χ0n) is 9.99. The molecule has 1 aliphatic carbocycles. The van der Waals surface area contributed by atoms with Gasteiger partial charge in [-0.05, 0) is 49.8 Å². The lowest BCUT2D eigenvalue weighted by molar-refractivity contribution is 0.549. The summed E-state index contributed by atoms with van der Waals surface area (Å²) in [7, 11) is 0. The summed E-state index contributed by atoms with van der Waals surface area (Å²) in [5, 5.41) is 0. The third-order valence-corrected chi connectivity index (χ3v) is 3.44. The van der Waals surface area contributed by atoms with Crippen LogP contribution in [0.3, 0.4) is 0 Å². The van der Waals surface area contributed by atoms with Crippen molar-refractivity contribution < 1.29 is 4.42 Å². The molecule has 0 amide bonds. The highest BCUT2D eigenvalue weighted by molar-refractivity contribution is 5.64. The minimum atomic E-state index is 0.246. The van der Waals surface area contributed by atoms with Crippen LogP contribution in [0.5, 0.6) is 0 Å². The molecule has 0 unspecified atom stereocenters. The molecule has 2 aromatic rings. The van der Waals surface area contributed by atoms with Gasteiger partial charge in [0.1, 0.15) is 11.5 Å². The number of aromatic nitrogens is 1. The first-order chi connectivity index (χ1) is 8.24. The highest BCUT2D eigenvalue weighted by Gasteiger charge is 2.14. The van der Waals surface area contributed by atoms with Gasteiger partial charge in [0.25, 0.3) is 6.01 Å². The molecule has 88 valence electrons. The van der Waals surface area contributed by atoms with Gasteiger partial charge in [0.2, 0.25) is 0 Å². The number of benzene rings is 1. The number of hydrogen-bond acceptors (Lipinski definition) is 3. The lowest BCUT2D eigenvalue weighted by Crippen LogP contribution is -2.02. The van der Waals surface area contributed by atoms with Crippen LogP contribution in [-0.2, 0) is 12.8 Å². The number of nitrogens with zero attached hydrogens (tertiary/aromatic N) is 1. The number of nitrogens with two attached hydrogens (primary N) is 1. The predicted octanol–water partition coefficient (Wildman–Crippen LogP) is 3.11. The molecular weight excluding hydrogens is 212 g/mol. The Morgan fingerprint density at radius 1 is 1.18 bits per heavy atom. The van der Waals surface area contributed by atoms with Gasteiger partial charge in [-0.15, -0.1) is 0 Å². The van der Waals surface area contributed by atoms with E-state index < -0.39 is 0 Å². The van der Waals surface area contributed by atoms with Crippen molar-refractivity contribution in [3.63, 3.8) is 0 Å². The van der Waals surface area contributed by atoms with Crippen LogP contribution in [0, 0.1) is 6.92 Å². The zero-order chi connectivity index (χ0) is 11.8. The SMILES string of the molecule is Cc1oc(N)nc1-c1ccc2c(c1)CCCC2. The van der Waals surface area contributed by atoms with E-state index >= 15 is 0 Å². The van der Waals surface area contributed by atoms with Gasteiger partial charge in [-0.1, -0.05) is 12.1 Å². The van der Waals surface area contributed by atoms with E-state index in [4.69, 9.17) is 10.2 Å². The first-order valence-corrected chi connectivity index (χ1v) is 6.09. The Balaban J connectivity index is 2.06. The molecule has 3 rings (SSSR count). The van der Waals surface area contributed by atoms with E-state index in [9.17, 15) is 0 Å². The van der Waals surface area contributed by atoms with Crippen LogP contribution >= 0.6 is 0 Å². The summed E-state index contributed by atoms with van der Waals surface area (Å²) in [4.78, 5) is 4.24. The molecule has 0 aliphatic heterocycles. The van der Waals surface area contributed by atoms with Gasteiger partial charge in [0.05, 0.1) is 0 Å². The first-order valence-electron chi connectivity index (χ1n) is 6.09. The fourth-order valence-corrected chi connectivity index (χ4v) is 2.57. The molecule has 0 bridgehead atoms. The Bertz CT molecular complexity index is 557. The van der Waals surface area contributed by atoms with Crippen molar-refractivity contribution >= 4 is 6.01 Å². The number of anilines is 1. The Labute approximate surface area is 101 Å². The Kier molecular flexibility index (Phi) is 2.39. The number of aryl methyl sites for hydroxylation is 3. The van der Waals surface area contributed by atoms with E-state index in [1.807, 2.05) is 6.92 Å². The smallest absolute Gasteiger partial charge is 0.292 e. The topological polar surface area (TPSA) is 52.0 Å². The summed E-state index contributed by atoms with van der Waals surface area (Å²) in [6.07, 6.45) is 4.98. The van der Waals surface area contributed by atoms with Gasteiger partial charge in [0, 0.05) is 5.56 Å². The number of oxazole rings is 1. The number of hydrogen-bond donors (Lipinski definition) is 1. The average molecular weight is 228 g/mol. The van der Waals surface area contributed by atoms with Crippen molar-refractivity contribution in [3.05, 3.63) is 35.1 Å². The van der Waals surface area contributed by atoms with E-state index in [1.54, 1.807) is 0 Å². The second-order valence-corrected chi connectivity index (χ2v) is 4.65. The number of fused-ring (bicyclic) bond motifs is 1. The van der Waals surface area contributed by atoms with Crippen molar-refractivity contribution in [1.29, 1.82) is 0 Å². The lowest BCUT2D eigenvalue weighted by Gasteiger charge is -2.16. The molecule has 17 heavy (non-hydrogen) atoms. The molecule has 2 N–H and O–H groups in total. The van der Waals surface area contributed by atoms with Crippen LogP contribution in [0.1, 0.15) is 29.7 Å². The maximum absolute atomic E-state index is 5.58. The highest BCUT2D eigenvalue weighted by atomic mass is 16.4. The molecule has 1 aromatic carbocycles. The molecule has 0 atom stereocenters. The van der Waals surface area contributed by atoms with E-state index in [-0.39, 0.29) is 6.01 Å². The van der Waals surface area contributed by atoms with Gasteiger partial charge in [-0.3, -0.25) is 0 Å². The van der Waals surface area contributed by atoms with Gasteiger partial charge in [0.15, 0.2) is 0 Å². The monoisotopic (exact) mass is 228 g/mol. The molecule has 1 aliphatic rings. The van der Waals surface area contributed by atoms with E-state index in [0.717, 1.165) is 17.0 Å². The second-order valence-electron chi connectivity index (χ2n) is 4.65. The summed E-state index contributed by atoms with van der Waals surface area (Å²) < 4.78 is 5.28. The molecule has 0 saturated heterocycles. The molecule has 0 saturated carbocycles. The number of nitrogen functional groups attached to an aromatic ring is 1. The zero-order valence-corrected chi connectivity index (χ0v) is 9.99. The Morgan fingerprint density at radius 3 is 2.65 bits per heavy atom. The van der Waals surface area contributed by atoms with Crippen molar-refractivity contribution in [2.24, 2.45) is 0 Å². The maximum Gasteiger partial charge on any atom is 0.292 e. The average Bonchev–Trinajstić information content (AvgIpc) is 2.68. The number of rotatable bonds is 1. The fraction of sp³-hybridized carbons (Fsp3) is 0.357. The van der Waals surface area contributed by atoms with Crippen molar-refractivity contribution in [1.82, 2.24) is 4.98 Å². The van der Waals surface area contributed by atoms with Crippen molar-refractivity contribution in [2.75, 3.05) is 5.73 Å². The highest BCUT2D eigenvalue weighted by Crippen LogP contribution is 2.29. The quantitative estimate of drug-likeness (QED) is 0.815. The van der Waals surface area contributed by atoms with E-state index in [2.05, 4.69) is 23.2 Å². The van der Waals surface area contributed by atoms with Crippen LogP contribution in [0.25, 0.3) is 11.3 Å². The van der Waals surface area contributed by atoms with E-state index in [0.29, 0.717) is 0 Å². The van der Waals surface area contributed by atoms with Crippen molar-refractivity contribution in [2.45, 2.75) is 32.6 Å². The minimum Gasteiger partial charge on any atom is -0.429 e. The third-order valence-electron chi connectivity index (χ3n) is 3.44. The molecule has 1 aromatic heterocycles. The first kappa shape index (κ1) is 10.4. The van der Waals surface area contributed by atoms with Gasteiger partial charge in [-0.25, -0.2) is 0 Å². The third kappa shape index (κ3) is 1.82. The van der Waals surface area contributed by atoms with Crippen LogP contribution < -0.4 is 5.73 Å².